The molecule has 0 saturated carbocycles. The summed E-state index contributed by atoms with van der Waals surface area (Å²) < 4.78 is 27.5. The summed E-state index contributed by atoms with van der Waals surface area (Å²) in [6.07, 6.45) is 1.75. The van der Waals surface area contributed by atoms with Gasteiger partial charge in [0.05, 0.1) is 10.0 Å². The van der Waals surface area contributed by atoms with Crippen LogP contribution < -0.4 is 5.73 Å². The topological polar surface area (TPSA) is 63.4 Å². The summed E-state index contributed by atoms with van der Waals surface area (Å²) in [4.78, 5) is -0.0262. The molecule has 1 aromatic rings. The molecule has 1 aliphatic rings. The molecule has 112 valence electrons. The number of benzene rings is 1. The molecule has 1 aliphatic heterocycles. The van der Waals surface area contributed by atoms with Gasteiger partial charge < -0.3 is 5.73 Å². The van der Waals surface area contributed by atoms with Gasteiger partial charge >= 0.3 is 0 Å². The van der Waals surface area contributed by atoms with Crippen molar-refractivity contribution in [1.29, 1.82) is 0 Å². The third-order valence-corrected chi connectivity index (χ3v) is 6.62. The summed E-state index contributed by atoms with van der Waals surface area (Å²) in [7, 11) is -3.69. The summed E-state index contributed by atoms with van der Waals surface area (Å²) >= 11 is 15.4. The SMILES string of the molecule is NCC1CCCN(S(=O)(=O)c2c(Cl)cc(Br)cc2Cl)C1. The normalized spacial score (nSPS) is 21.1. The molecule has 0 bridgehead atoms. The van der Waals surface area contributed by atoms with Gasteiger partial charge in [0.25, 0.3) is 0 Å². The van der Waals surface area contributed by atoms with Crippen LogP contribution in [-0.4, -0.2) is 32.4 Å². The van der Waals surface area contributed by atoms with Gasteiger partial charge in [0, 0.05) is 17.6 Å². The highest BCUT2D eigenvalue weighted by Crippen LogP contribution is 2.35. The molecule has 2 N–H and O–H groups in total. The van der Waals surface area contributed by atoms with Gasteiger partial charge in [-0.2, -0.15) is 4.31 Å². The number of halogens is 3. The van der Waals surface area contributed by atoms with E-state index in [2.05, 4.69) is 15.9 Å². The summed E-state index contributed by atoms with van der Waals surface area (Å²) in [6.45, 7) is 1.37. The van der Waals surface area contributed by atoms with Crippen LogP contribution in [0.2, 0.25) is 10.0 Å². The van der Waals surface area contributed by atoms with Gasteiger partial charge in [0.1, 0.15) is 4.90 Å². The zero-order valence-electron chi connectivity index (χ0n) is 10.7. The highest BCUT2D eigenvalue weighted by molar-refractivity contribution is 9.10. The molecule has 2 rings (SSSR count). The first-order chi connectivity index (χ1) is 9.36. The van der Waals surface area contributed by atoms with Crippen LogP contribution in [0.1, 0.15) is 12.8 Å². The van der Waals surface area contributed by atoms with E-state index in [4.69, 9.17) is 28.9 Å². The summed E-state index contributed by atoms with van der Waals surface area (Å²) in [5, 5.41) is 0.249. The summed E-state index contributed by atoms with van der Waals surface area (Å²) in [5.74, 6) is 0.187. The Morgan fingerprint density at radius 1 is 1.35 bits per heavy atom. The lowest BCUT2D eigenvalue weighted by Gasteiger charge is -2.31. The van der Waals surface area contributed by atoms with Crippen molar-refractivity contribution in [2.24, 2.45) is 11.7 Å². The van der Waals surface area contributed by atoms with Gasteiger partial charge in [-0.15, -0.1) is 0 Å². The first-order valence-corrected chi connectivity index (χ1v) is 9.20. The van der Waals surface area contributed by atoms with Gasteiger partial charge in [0.2, 0.25) is 10.0 Å². The fourth-order valence-corrected chi connectivity index (χ4v) is 5.78. The summed E-state index contributed by atoms with van der Waals surface area (Å²) in [5.41, 5.74) is 5.65. The van der Waals surface area contributed by atoms with Crippen molar-refractivity contribution < 1.29 is 8.42 Å². The highest BCUT2D eigenvalue weighted by Gasteiger charge is 2.33. The molecule has 8 heteroatoms. The van der Waals surface area contributed by atoms with Crippen LogP contribution >= 0.6 is 39.1 Å². The Hall–Kier alpha value is 0.150. The lowest BCUT2D eigenvalue weighted by molar-refractivity contribution is 0.271. The minimum Gasteiger partial charge on any atom is -0.330 e. The van der Waals surface area contributed by atoms with Crippen LogP contribution in [0.25, 0.3) is 0 Å². The van der Waals surface area contributed by atoms with Crippen LogP contribution in [0.3, 0.4) is 0 Å². The van der Waals surface area contributed by atoms with Crippen molar-refractivity contribution in [3.05, 3.63) is 26.7 Å². The van der Waals surface area contributed by atoms with Gasteiger partial charge in [-0.25, -0.2) is 8.42 Å². The molecule has 1 heterocycles. The maximum absolute atomic E-state index is 12.7. The van der Waals surface area contributed by atoms with E-state index < -0.39 is 10.0 Å². The number of hydrogen-bond acceptors (Lipinski definition) is 3. The Morgan fingerprint density at radius 3 is 2.50 bits per heavy atom. The second-order valence-electron chi connectivity index (χ2n) is 4.81. The Balaban J connectivity index is 2.40. The van der Waals surface area contributed by atoms with Gasteiger partial charge in [-0.1, -0.05) is 39.1 Å². The largest absolute Gasteiger partial charge is 0.330 e. The zero-order valence-corrected chi connectivity index (χ0v) is 14.6. The first-order valence-electron chi connectivity index (χ1n) is 6.21. The predicted molar refractivity (Wildman–Crippen MR) is 84.7 cm³/mol. The minimum absolute atomic E-state index is 0.0262. The van der Waals surface area contributed by atoms with E-state index in [1.807, 2.05) is 0 Å². The van der Waals surface area contributed by atoms with Crippen LogP contribution in [0.15, 0.2) is 21.5 Å². The lowest BCUT2D eigenvalue weighted by Crippen LogP contribution is -2.42. The lowest BCUT2D eigenvalue weighted by atomic mass is 10.0. The molecular formula is C12H15BrCl2N2O2S. The Morgan fingerprint density at radius 2 is 1.95 bits per heavy atom. The number of rotatable bonds is 3. The maximum Gasteiger partial charge on any atom is 0.246 e. The molecule has 0 aromatic heterocycles. The van der Waals surface area contributed by atoms with Crippen molar-refractivity contribution in [3.8, 4) is 0 Å². The molecule has 1 atom stereocenters. The van der Waals surface area contributed by atoms with Crippen LogP contribution in [0.5, 0.6) is 0 Å². The third kappa shape index (κ3) is 3.31. The zero-order chi connectivity index (χ0) is 14.9. The van der Waals surface area contributed by atoms with Crippen LogP contribution in [0, 0.1) is 5.92 Å². The van der Waals surface area contributed by atoms with Crippen molar-refractivity contribution in [2.75, 3.05) is 19.6 Å². The number of piperidine rings is 1. The summed E-state index contributed by atoms with van der Waals surface area (Å²) in [6, 6.07) is 3.06. The predicted octanol–water partition coefficient (Wildman–Crippen LogP) is 3.12. The number of hydrogen-bond donors (Lipinski definition) is 1. The fraction of sp³-hybridized carbons (Fsp3) is 0.500. The molecule has 20 heavy (non-hydrogen) atoms. The molecule has 1 saturated heterocycles. The first kappa shape index (κ1) is 16.5. The number of sulfonamides is 1. The Labute approximate surface area is 137 Å². The Bertz CT molecular complexity index is 586. The van der Waals surface area contributed by atoms with E-state index in [0.29, 0.717) is 24.1 Å². The average molecular weight is 402 g/mol. The van der Waals surface area contributed by atoms with Crippen molar-refractivity contribution in [3.63, 3.8) is 0 Å². The van der Waals surface area contributed by atoms with Gasteiger partial charge in [-0.3, -0.25) is 0 Å². The van der Waals surface area contributed by atoms with Crippen molar-refractivity contribution in [2.45, 2.75) is 17.7 Å². The van der Waals surface area contributed by atoms with E-state index in [0.717, 1.165) is 12.8 Å². The minimum atomic E-state index is -3.69. The highest BCUT2D eigenvalue weighted by atomic mass is 79.9. The van der Waals surface area contributed by atoms with E-state index in [-0.39, 0.29) is 20.9 Å². The monoisotopic (exact) mass is 400 g/mol. The van der Waals surface area contributed by atoms with E-state index >= 15 is 0 Å². The van der Waals surface area contributed by atoms with Gasteiger partial charge in [-0.05, 0) is 37.4 Å². The second kappa shape index (κ2) is 6.50. The van der Waals surface area contributed by atoms with Gasteiger partial charge in [0.15, 0.2) is 0 Å². The Kier molecular flexibility index (Phi) is 5.37. The van der Waals surface area contributed by atoms with Crippen molar-refractivity contribution >= 4 is 49.2 Å². The number of nitrogens with zero attached hydrogens (tertiary/aromatic N) is 1. The molecule has 0 radical (unpaired) electrons. The van der Waals surface area contributed by atoms with Crippen LogP contribution in [-0.2, 0) is 10.0 Å². The van der Waals surface area contributed by atoms with E-state index in [1.54, 1.807) is 0 Å². The van der Waals surface area contributed by atoms with E-state index in [9.17, 15) is 8.42 Å². The number of nitrogens with two attached hydrogens (primary N) is 1. The molecule has 0 spiro atoms. The fourth-order valence-electron chi connectivity index (χ4n) is 2.34. The van der Waals surface area contributed by atoms with Crippen LogP contribution in [0.4, 0.5) is 0 Å². The maximum atomic E-state index is 12.7. The standard InChI is InChI=1S/C12H15BrCl2N2O2S/c13-9-4-10(14)12(11(15)5-9)20(18,19)17-3-1-2-8(6-16)7-17/h4-5,8H,1-3,6-7,16H2. The smallest absolute Gasteiger partial charge is 0.246 e. The quantitative estimate of drug-likeness (QED) is 0.846. The molecular weight excluding hydrogens is 387 g/mol. The molecule has 4 nitrogen and oxygen atoms in total. The van der Waals surface area contributed by atoms with E-state index in [1.165, 1.54) is 16.4 Å². The molecule has 0 amide bonds. The third-order valence-electron chi connectivity index (χ3n) is 3.38. The van der Waals surface area contributed by atoms with Crippen molar-refractivity contribution in [1.82, 2.24) is 4.31 Å². The molecule has 0 aliphatic carbocycles. The second-order valence-corrected chi connectivity index (χ2v) is 8.41. The molecule has 1 aromatic carbocycles. The molecule has 1 unspecified atom stereocenters. The molecule has 1 fully saturated rings. The average Bonchev–Trinajstić information content (AvgIpc) is 2.37.